The molecule has 2 saturated heterocycles. The molecule has 2 rings (SSSR count). The number of carbonyl (C=O) groups is 1. The summed E-state index contributed by atoms with van der Waals surface area (Å²) < 4.78 is 0. The third-order valence-electron chi connectivity index (χ3n) is 5.92. The molecule has 5 heteroatoms. The van der Waals surface area contributed by atoms with Crippen LogP contribution in [0.4, 0.5) is 0 Å². The molecule has 2 aliphatic heterocycles. The van der Waals surface area contributed by atoms with Crippen LogP contribution in [0.2, 0.25) is 0 Å². The Morgan fingerprint density at radius 2 is 1.27 bits per heavy atom. The fraction of sp³-hybridized carbons (Fsp3) is 0.952. The van der Waals surface area contributed by atoms with E-state index in [0.29, 0.717) is 29.6 Å². The van der Waals surface area contributed by atoms with Gasteiger partial charge in [0.15, 0.2) is 0 Å². The summed E-state index contributed by atoms with van der Waals surface area (Å²) in [5.41, 5.74) is 0.977. The molecule has 0 atom stereocenters. The smallest absolute Gasteiger partial charge is 0.225 e. The van der Waals surface area contributed by atoms with Gasteiger partial charge in [-0.3, -0.25) is 4.79 Å². The van der Waals surface area contributed by atoms with Crippen molar-refractivity contribution in [1.82, 2.24) is 5.32 Å². The highest BCUT2D eigenvalue weighted by Crippen LogP contribution is 2.22. The predicted molar refractivity (Wildman–Crippen MR) is 106 cm³/mol. The summed E-state index contributed by atoms with van der Waals surface area (Å²) in [5, 5.41) is 10.7. The van der Waals surface area contributed by atoms with Crippen molar-refractivity contribution >= 4 is 5.91 Å². The topological polar surface area (TPSA) is 78.9 Å². The zero-order valence-corrected chi connectivity index (χ0v) is 18.5. The van der Waals surface area contributed by atoms with Crippen LogP contribution in [-0.4, -0.2) is 46.7 Å². The van der Waals surface area contributed by atoms with Gasteiger partial charge in [-0.25, -0.2) is 0 Å². The highest BCUT2D eigenvalue weighted by molar-refractivity contribution is 5.76. The molecule has 0 aromatic heterocycles. The Hall–Kier alpha value is -0.650. The van der Waals surface area contributed by atoms with Crippen LogP contribution in [0, 0.1) is 0 Å². The Labute approximate surface area is 160 Å². The number of quaternary nitrogens is 3. The van der Waals surface area contributed by atoms with Gasteiger partial charge >= 0.3 is 0 Å². The van der Waals surface area contributed by atoms with E-state index < -0.39 is 0 Å². The van der Waals surface area contributed by atoms with E-state index in [9.17, 15) is 4.79 Å². The van der Waals surface area contributed by atoms with Gasteiger partial charge in [0.1, 0.15) is 0 Å². The summed E-state index contributed by atoms with van der Waals surface area (Å²) in [6.07, 6.45) is 5.14. The van der Waals surface area contributed by atoms with Crippen LogP contribution < -0.4 is 21.3 Å². The van der Waals surface area contributed by atoms with Crippen LogP contribution in [0.25, 0.3) is 0 Å². The molecule has 2 aliphatic rings. The first-order valence-corrected chi connectivity index (χ1v) is 10.5. The normalized spacial score (nSPS) is 27.8. The molecule has 0 unspecified atom stereocenters. The first-order chi connectivity index (χ1) is 11.7. The Balaban J connectivity index is 1.77. The third kappa shape index (κ3) is 6.82. The Bertz CT molecular complexity index is 478. The maximum Gasteiger partial charge on any atom is 0.225 e. The SMILES string of the molecule is CC1(C)CC(NC(=O)CC[NH2+]C2CC(C)(C)[NH2+]C(C)(C)C2)CC(C)(C)[NH2+]1. The van der Waals surface area contributed by atoms with Crippen molar-refractivity contribution in [1.29, 1.82) is 0 Å². The number of carbonyl (C=O) groups excluding carboxylic acids is 1. The fourth-order valence-corrected chi connectivity index (χ4v) is 6.14. The minimum absolute atomic E-state index is 0.196. The minimum Gasteiger partial charge on any atom is -0.353 e. The molecule has 0 saturated carbocycles. The maximum absolute atomic E-state index is 12.5. The predicted octanol–water partition coefficient (Wildman–Crippen LogP) is -0.378. The molecule has 2 heterocycles. The number of nitrogens with one attached hydrogen (secondary N) is 1. The van der Waals surface area contributed by atoms with E-state index in [1.54, 1.807) is 0 Å². The molecule has 5 nitrogen and oxygen atoms in total. The average molecular weight is 370 g/mol. The first kappa shape index (κ1) is 21.6. The van der Waals surface area contributed by atoms with Gasteiger partial charge in [-0.05, 0) is 55.4 Å². The van der Waals surface area contributed by atoms with Crippen molar-refractivity contribution in [2.24, 2.45) is 0 Å². The van der Waals surface area contributed by atoms with E-state index in [-0.39, 0.29) is 17.0 Å². The van der Waals surface area contributed by atoms with E-state index >= 15 is 0 Å². The van der Waals surface area contributed by atoms with Crippen LogP contribution in [0.1, 0.15) is 87.5 Å². The van der Waals surface area contributed by atoms with Crippen molar-refractivity contribution in [2.45, 2.75) is 122 Å². The lowest BCUT2D eigenvalue weighted by molar-refractivity contribution is -0.813. The number of nitrogens with two attached hydrogens (primary N) is 3. The zero-order valence-electron chi connectivity index (χ0n) is 18.5. The number of hydrogen-bond acceptors (Lipinski definition) is 1. The molecule has 0 aliphatic carbocycles. The number of hydrogen-bond donors (Lipinski definition) is 4. The van der Waals surface area contributed by atoms with Gasteiger partial charge in [0.25, 0.3) is 0 Å². The molecule has 7 N–H and O–H groups in total. The van der Waals surface area contributed by atoms with E-state index in [2.05, 4.69) is 76.7 Å². The van der Waals surface area contributed by atoms with Crippen molar-refractivity contribution < 1.29 is 20.7 Å². The zero-order chi connectivity index (χ0) is 19.8. The van der Waals surface area contributed by atoms with Crippen LogP contribution in [0.3, 0.4) is 0 Å². The first-order valence-electron chi connectivity index (χ1n) is 10.5. The molecular weight excluding hydrogens is 324 g/mol. The van der Waals surface area contributed by atoms with Gasteiger partial charge in [-0.1, -0.05) is 0 Å². The molecule has 0 aromatic rings. The van der Waals surface area contributed by atoms with Crippen molar-refractivity contribution in [3.8, 4) is 0 Å². The number of amides is 1. The second kappa shape index (κ2) is 7.40. The summed E-state index contributed by atoms with van der Waals surface area (Å²) in [4.78, 5) is 12.5. The molecule has 0 bridgehead atoms. The molecule has 0 radical (unpaired) electrons. The summed E-state index contributed by atoms with van der Waals surface area (Å²) in [6.45, 7) is 19.4. The molecule has 0 spiro atoms. The van der Waals surface area contributed by atoms with Crippen LogP contribution in [0.5, 0.6) is 0 Å². The quantitative estimate of drug-likeness (QED) is 0.524. The minimum atomic E-state index is 0.196. The summed E-state index contributed by atoms with van der Waals surface area (Å²) in [7, 11) is 0. The van der Waals surface area contributed by atoms with Gasteiger partial charge in [-0.15, -0.1) is 0 Å². The van der Waals surface area contributed by atoms with Crippen LogP contribution >= 0.6 is 0 Å². The molecule has 152 valence electrons. The highest BCUT2D eigenvalue weighted by atomic mass is 16.1. The maximum atomic E-state index is 12.5. The largest absolute Gasteiger partial charge is 0.353 e. The van der Waals surface area contributed by atoms with Gasteiger partial charge in [0.05, 0.1) is 54.0 Å². The number of piperidine rings is 2. The van der Waals surface area contributed by atoms with E-state index in [1.807, 2.05) is 0 Å². The molecule has 1 amide bonds. The molecule has 2 fully saturated rings. The third-order valence-corrected chi connectivity index (χ3v) is 5.92. The number of rotatable bonds is 5. The standard InChI is InChI=1S/C21H42N4O/c1-18(2)11-15(12-19(3,4)24-18)22-10-9-17(26)23-16-13-20(5,6)25-21(7,8)14-16/h15-16,22,24-25H,9-14H2,1-8H3,(H,23,26)/p+3. The Morgan fingerprint density at radius 3 is 1.73 bits per heavy atom. The second-order valence-corrected chi connectivity index (χ2v) is 11.9. The fourth-order valence-electron chi connectivity index (χ4n) is 6.14. The van der Waals surface area contributed by atoms with Gasteiger partial charge in [0.2, 0.25) is 5.91 Å². The van der Waals surface area contributed by atoms with Crippen molar-refractivity contribution in [3.05, 3.63) is 0 Å². The molecule has 0 aromatic carbocycles. The highest BCUT2D eigenvalue weighted by Gasteiger charge is 2.44. The van der Waals surface area contributed by atoms with Crippen LogP contribution in [0.15, 0.2) is 0 Å². The van der Waals surface area contributed by atoms with Gasteiger partial charge < -0.3 is 21.3 Å². The lowest BCUT2D eigenvalue weighted by Gasteiger charge is -2.43. The summed E-state index contributed by atoms with van der Waals surface area (Å²) in [5.74, 6) is 0.223. The lowest BCUT2D eigenvalue weighted by Crippen LogP contribution is -3.09. The average Bonchev–Trinajstić information content (AvgIpc) is 2.29. The van der Waals surface area contributed by atoms with E-state index in [1.165, 1.54) is 12.8 Å². The monoisotopic (exact) mass is 369 g/mol. The van der Waals surface area contributed by atoms with Gasteiger partial charge in [-0.2, -0.15) is 0 Å². The summed E-state index contributed by atoms with van der Waals surface area (Å²) in [6, 6.07) is 0.930. The van der Waals surface area contributed by atoms with Crippen molar-refractivity contribution in [2.75, 3.05) is 6.54 Å². The van der Waals surface area contributed by atoms with E-state index in [0.717, 1.165) is 19.4 Å². The molecular formula is C21H45N4O+3. The second-order valence-electron chi connectivity index (χ2n) is 11.9. The Kier molecular flexibility index (Phi) is 6.16. The van der Waals surface area contributed by atoms with Crippen molar-refractivity contribution in [3.63, 3.8) is 0 Å². The lowest BCUT2D eigenvalue weighted by atomic mass is 9.79. The van der Waals surface area contributed by atoms with E-state index in [4.69, 9.17) is 0 Å². The van der Waals surface area contributed by atoms with Gasteiger partial charge in [0, 0.05) is 18.9 Å². The molecule has 26 heavy (non-hydrogen) atoms. The summed E-state index contributed by atoms with van der Waals surface area (Å²) >= 11 is 0. The van der Waals surface area contributed by atoms with Crippen LogP contribution in [-0.2, 0) is 4.79 Å². The Morgan fingerprint density at radius 1 is 0.846 bits per heavy atom.